The molecule has 0 radical (unpaired) electrons. The summed E-state index contributed by atoms with van der Waals surface area (Å²) in [6.07, 6.45) is 0.0820. The molecule has 30 heavy (non-hydrogen) atoms. The maximum Gasteiger partial charge on any atom is 0.322 e. The molecule has 7 N–H and O–H groups in total. The summed E-state index contributed by atoms with van der Waals surface area (Å²) in [4.78, 5) is 47.9. The highest BCUT2D eigenvalue weighted by Gasteiger charge is 2.28. The van der Waals surface area contributed by atoms with Crippen LogP contribution in [0.4, 0.5) is 0 Å². The van der Waals surface area contributed by atoms with E-state index in [1.165, 1.54) is 12.1 Å². The number of phenolic OH excluding ortho intramolecular Hbond substituents is 1. The summed E-state index contributed by atoms with van der Waals surface area (Å²) in [5, 5.41) is 25.3. The van der Waals surface area contributed by atoms with Crippen molar-refractivity contribution in [3.63, 3.8) is 0 Å². The van der Waals surface area contributed by atoms with Gasteiger partial charge in [0.05, 0.1) is 6.04 Å². The maximum atomic E-state index is 12.8. The molecular formula is C19H28N4O6S. The molecule has 0 aliphatic heterocycles. The number of carbonyl (C=O) groups excluding carboxylic acids is 3. The average Bonchev–Trinajstić information content (AvgIpc) is 2.70. The Kier molecular flexibility index (Phi) is 10.1. The topological polar surface area (TPSA) is 171 Å². The number of aliphatic carboxylic acids is 1. The van der Waals surface area contributed by atoms with Crippen LogP contribution in [0, 0.1) is 5.92 Å². The number of benzene rings is 1. The number of nitrogens with one attached hydrogen (secondary N) is 3. The van der Waals surface area contributed by atoms with Crippen LogP contribution in [0.15, 0.2) is 24.3 Å². The van der Waals surface area contributed by atoms with Crippen LogP contribution in [0.1, 0.15) is 19.4 Å². The Morgan fingerprint density at radius 3 is 2.07 bits per heavy atom. The third-order valence-corrected chi connectivity index (χ3v) is 4.62. The summed E-state index contributed by atoms with van der Waals surface area (Å²) in [7, 11) is 0. The van der Waals surface area contributed by atoms with Gasteiger partial charge in [-0.25, -0.2) is 0 Å². The van der Waals surface area contributed by atoms with Crippen LogP contribution in [0.5, 0.6) is 5.75 Å². The van der Waals surface area contributed by atoms with Gasteiger partial charge in [0.1, 0.15) is 24.4 Å². The molecule has 3 amide bonds. The molecule has 0 bridgehead atoms. The number of hydrogen-bond donors (Lipinski definition) is 7. The Labute approximate surface area is 180 Å². The summed E-state index contributed by atoms with van der Waals surface area (Å²) < 4.78 is 0. The van der Waals surface area contributed by atoms with Crippen molar-refractivity contribution in [3.05, 3.63) is 29.8 Å². The Morgan fingerprint density at radius 1 is 1.00 bits per heavy atom. The fourth-order valence-electron chi connectivity index (χ4n) is 2.40. The van der Waals surface area contributed by atoms with E-state index in [9.17, 15) is 24.3 Å². The second-order valence-corrected chi connectivity index (χ2v) is 7.42. The minimum atomic E-state index is -1.23. The Bertz CT molecular complexity index is 756. The molecule has 0 fully saturated rings. The van der Waals surface area contributed by atoms with Gasteiger partial charge in [-0.15, -0.1) is 0 Å². The molecule has 10 nitrogen and oxygen atoms in total. The molecule has 1 aromatic rings. The third kappa shape index (κ3) is 8.29. The first-order valence-corrected chi connectivity index (χ1v) is 9.93. The van der Waals surface area contributed by atoms with E-state index in [1.807, 2.05) is 0 Å². The average molecular weight is 441 g/mol. The molecule has 0 saturated heterocycles. The molecule has 0 saturated carbocycles. The number of carboxylic acid groups (broad SMARTS) is 1. The van der Waals surface area contributed by atoms with Crippen LogP contribution in [-0.4, -0.2) is 64.3 Å². The van der Waals surface area contributed by atoms with Gasteiger partial charge in [0.15, 0.2) is 0 Å². The van der Waals surface area contributed by atoms with Gasteiger partial charge >= 0.3 is 5.97 Å². The van der Waals surface area contributed by atoms with E-state index in [4.69, 9.17) is 10.8 Å². The van der Waals surface area contributed by atoms with Gasteiger partial charge in [0.2, 0.25) is 17.7 Å². The first-order valence-electron chi connectivity index (χ1n) is 9.29. The number of carbonyl (C=O) groups is 4. The highest BCUT2D eigenvalue weighted by Crippen LogP contribution is 2.12. The first kappa shape index (κ1) is 25.2. The molecule has 3 atom stereocenters. The SMILES string of the molecule is CC(C)C(N)C(=O)NC(Cc1ccc(O)cc1)C(=O)NC(CS)C(=O)NCC(=O)O. The first-order chi connectivity index (χ1) is 14.0. The number of thiol groups is 1. The largest absolute Gasteiger partial charge is 0.508 e. The van der Waals surface area contributed by atoms with Crippen molar-refractivity contribution in [3.8, 4) is 5.75 Å². The monoisotopic (exact) mass is 440 g/mol. The van der Waals surface area contributed by atoms with Crippen LogP contribution in [-0.2, 0) is 25.6 Å². The number of amides is 3. The maximum absolute atomic E-state index is 12.8. The third-order valence-electron chi connectivity index (χ3n) is 4.26. The van der Waals surface area contributed by atoms with E-state index >= 15 is 0 Å². The van der Waals surface area contributed by atoms with Crippen LogP contribution in [0.25, 0.3) is 0 Å². The van der Waals surface area contributed by atoms with E-state index in [0.717, 1.165) is 0 Å². The fraction of sp³-hybridized carbons (Fsp3) is 0.474. The normalized spacial score (nSPS) is 13.8. The zero-order valence-corrected chi connectivity index (χ0v) is 17.7. The minimum Gasteiger partial charge on any atom is -0.508 e. The lowest BCUT2D eigenvalue weighted by Crippen LogP contribution is -2.57. The van der Waals surface area contributed by atoms with Crippen molar-refractivity contribution >= 4 is 36.3 Å². The number of rotatable bonds is 11. The van der Waals surface area contributed by atoms with Crippen LogP contribution in [0.2, 0.25) is 0 Å². The molecular weight excluding hydrogens is 412 g/mol. The Balaban J connectivity index is 2.95. The second-order valence-electron chi connectivity index (χ2n) is 7.06. The highest BCUT2D eigenvalue weighted by atomic mass is 32.1. The number of aromatic hydroxyl groups is 1. The Morgan fingerprint density at radius 2 is 1.57 bits per heavy atom. The van der Waals surface area contributed by atoms with Gasteiger partial charge in [-0.3, -0.25) is 19.2 Å². The number of carboxylic acids is 1. The van der Waals surface area contributed by atoms with Gasteiger partial charge in [0, 0.05) is 12.2 Å². The van der Waals surface area contributed by atoms with Gasteiger partial charge in [-0.2, -0.15) is 12.6 Å². The lowest BCUT2D eigenvalue weighted by molar-refractivity contribution is -0.138. The molecule has 1 aromatic carbocycles. The van der Waals surface area contributed by atoms with Crippen molar-refractivity contribution < 1.29 is 29.4 Å². The van der Waals surface area contributed by atoms with Gasteiger partial charge in [-0.05, 0) is 23.6 Å². The van der Waals surface area contributed by atoms with Crippen molar-refractivity contribution in [1.82, 2.24) is 16.0 Å². The predicted octanol–water partition coefficient (Wildman–Crippen LogP) is -0.982. The molecule has 0 aliphatic rings. The highest BCUT2D eigenvalue weighted by molar-refractivity contribution is 7.80. The second kappa shape index (κ2) is 12.0. The zero-order valence-electron chi connectivity index (χ0n) is 16.8. The van der Waals surface area contributed by atoms with Crippen molar-refractivity contribution in [2.75, 3.05) is 12.3 Å². The van der Waals surface area contributed by atoms with Crippen LogP contribution in [0.3, 0.4) is 0 Å². The molecule has 0 aliphatic carbocycles. The lowest BCUT2D eigenvalue weighted by atomic mass is 10.0. The molecule has 0 heterocycles. The number of hydrogen-bond acceptors (Lipinski definition) is 7. The van der Waals surface area contributed by atoms with Crippen LogP contribution >= 0.6 is 12.6 Å². The summed E-state index contributed by atoms with van der Waals surface area (Å²) in [6.45, 7) is 2.93. The van der Waals surface area contributed by atoms with Crippen molar-refractivity contribution in [1.29, 1.82) is 0 Å². The van der Waals surface area contributed by atoms with Gasteiger partial charge in [0.25, 0.3) is 0 Å². The molecule has 11 heteroatoms. The van der Waals surface area contributed by atoms with E-state index in [2.05, 4.69) is 28.6 Å². The number of phenols is 1. The standard InChI is InChI=1S/C19H28N4O6S/c1-10(2)16(20)19(29)22-13(7-11-3-5-12(24)6-4-11)18(28)23-14(9-30)17(27)21-8-15(25)26/h3-6,10,13-14,16,24,30H,7-9,20H2,1-2H3,(H,21,27)(H,22,29)(H,23,28)(H,25,26). The van der Waals surface area contributed by atoms with Crippen LogP contribution < -0.4 is 21.7 Å². The Hall–Kier alpha value is -2.79. The smallest absolute Gasteiger partial charge is 0.322 e. The van der Waals surface area contributed by atoms with Crippen molar-refractivity contribution in [2.24, 2.45) is 11.7 Å². The molecule has 166 valence electrons. The molecule has 3 unspecified atom stereocenters. The summed E-state index contributed by atoms with van der Waals surface area (Å²) in [6, 6.07) is 3.10. The molecule has 1 rings (SSSR count). The van der Waals surface area contributed by atoms with E-state index in [-0.39, 0.29) is 23.8 Å². The fourth-order valence-corrected chi connectivity index (χ4v) is 2.66. The zero-order chi connectivity index (χ0) is 22.8. The molecule has 0 aromatic heterocycles. The van der Waals surface area contributed by atoms with E-state index < -0.39 is 48.4 Å². The predicted molar refractivity (Wildman–Crippen MR) is 113 cm³/mol. The summed E-state index contributed by atoms with van der Waals surface area (Å²) in [5.41, 5.74) is 6.51. The van der Waals surface area contributed by atoms with Gasteiger partial charge < -0.3 is 31.9 Å². The summed E-state index contributed by atoms with van der Waals surface area (Å²) >= 11 is 4.02. The van der Waals surface area contributed by atoms with E-state index in [0.29, 0.717) is 5.56 Å². The minimum absolute atomic E-state index is 0.0517. The van der Waals surface area contributed by atoms with Gasteiger partial charge in [-0.1, -0.05) is 26.0 Å². The number of nitrogens with two attached hydrogens (primary N) is 1. The molecule has 0 spiro atoms. The lowest BCUT2D eigenvalue weighted by Gasteiger charge is -2.24. The summed E-state index contributed by atoms with van der Waals surface area (Å²) in [5.74, 6) is -3.31. The quantitative estimate of drug-likeness (QED) is 0.217. The van der Waals surface area contributed by atoms with E-state index in [1.54, 1.807) is 26.0 Å². The van der Waals surface area contributed by atoms with Crippen molar-refractivity contribution in [2.45, 2.75) is 38.4 Å².